The first-order valence-corrected chi connectivity index (χ1v) is 11.2. The van der Waals surface area contributed by atoms with Crippen molar-refractivity contribution in [2.24, 2.45) is 11.8 Å². The van der Waals surface area contributed by atoms with Gasteiger partial charge in [-0.2, -0.15) is 0 Å². The van der Waals surface area contributed by atoms with Crippen LogP contribution in [0.5, 0.6) is 0 Å². The van der Waals surface area contributed by atoms with E-state index >= 15 is 0 Å². The van der Waals surface area contributed by atoms with Crippen molar-refractivity contribution in [3.8, 4) is 0 Å². The molecular formula is C24H36N2O2. The summed E-state index contributed by atoms with van der Waals surface area (Å²) in [5.74, 6) is 2.24. The number of benzene rings is 1. The number of morpholine rings is 1. The third-order valence-corrected chi connectivity index (χ3v) is 7.13. The molecule has 28 heavy (non-hydrogen) atoms. The highest BCUT2D eigenvalue weighted by Crippen LogP contribution is 2.45. The quantitative estimate of drug-likeness (QED) is 0.749. The van der Waals surface area contributed by atoms with Crippen LogP contribution in [0.15, 0.2) is 18.2 Å². The second-order valence-corrected chi connectivity index (χ2v) is 9.23. The lowest BCUT2D eigenvalue weighted by Crippen LogP contribution is -2.44. The molecule has 2 heterocycles. The molecular weight excluding hydrogens is 348 g/mol. The molecule has 2 saturated heterocycles. The van der Waals surface area contributed by atoms with E-state index in [2.05, 4.69) is 41.8 Å². The molecule has 1 aromatic rings. The number of hydrogen-bond donors (Lipinski definition) is 0. The summed E-state index contributed by atoms with van der Waals surface area (Å²) in [5.41, 5.74) is 4.06. The van der Waals surface area contributed by atoms with Gasteiger partial charge in [-0.15, -0.1) is 0 Å². The number of ether oxygens (including phenoxy) is 1. The van der Waals surface area contributed by atoms with E-state index < -0.39 is 0 Å². The Kier molecular flexibility index (Phi) is 6.37. The number of rotatable bonds is 6. The van der Waals surface area contributed by atoms with Crippen molar-refractivity contribution in [3.05, 3.63) is 34.9 Å². The van der Waals surface area contributed by atoms with Crippen molar-refractivity contribution in [1.29, 1.82) is 0 Å². The second kappa shape index (κ2) is 8.96. The minimum atomic E-state index is 0.375. The summed E-state index contributed by atoms with van der Waals surface area (Å²) in [4.78, 5) is 17.7. The van der Waals surface area contributed by atoms with Crippen molar-refractivity contribution in [2.45, 2.75) is 51.9 Å². The predicted octanol–water partition coefficient (Wildman–Crippen LogP) is 3.76. The molecule has 4 heteroatoms. The van der Waals surface area contributed by atoms with Crippen molar-refractivity contribution in [1.82, 2.24) is 9.80 Å². The SMILES string of the molecule is Cc1ccc(C(CC(=O)N2CCC(CN3CCOCC3)CC2)C2CC2)cc1C. The van der Waals surface area contributed by atoms with Gasteiger partial charge in [0.2, 0.25) is 5.91 Å². The summed E-state index contributed by atoms with van der Waals surface area (Å²) in [7, 11) is 0. The average molecular weight is 385 g/mol. The lowest BCUT2D eigenvalue weighted by Gasteiger charge is -2.36. The van der Waals surface area contributed by atoms with Crippen LogP contribution in [0.4, 0.5) is 0 Å². The molecule has 0 N–H and O–H groups in total. The van der Waals surface area contributed by atoms with E-state index in [9.17, 15) is 4.79 Å². The third-order valence-electron chi connectivity index (χ3n) is 7.13. The summed E-state index contributed by atoms with van der Waals surface area (Å²) in [6.45, 7) is 11.3. The highest BCUT2D eigenvalue weighted by molar-refractivity contribution is 5.77. The number of aryl methyl sites for hydroxylation is 2. The number of carbonyl (C=O) groups excluding carboxylic acids is 1. The fraction of sp³-hybridized carbons (Fsp3) is 0.708. The van der Waals surface area contributed by atoms with Crippen LogP contribution in [-0.2, 0) is 9.53 Å². The minimum absolute atomic E-state index is 0.375. The minimum Gasteiger partial charge on any atom is -0.379 e. The van der Waals surface area contributed by atoms with Gasteiger partial charge in [0.05, 0.1) is 13.2 Å². The second-order valence-electron chi connectivity index (χ2n) is 9.23. The Hall–Kier alpha value is -1.39. The number of likely N-dealkylation sites (tertiary alicyclic amines) is 1. The van der Waals surface area contributed by atoms with E-state index in [1.165, 1.54) is 36.1 Å². The number of hydrogen-bond acceptors (Lipinski definition) is 3. The molecule has 1 amide bonds. The van der Waals surface area contributed by atoms with Gasteiger partial charge in [-0.1, -0.05) is 18.2 Å². The topological polar surface area (TPSA) is 32.8 Å². The third kappa shape index (κ3) is 4.96. The maximum absolute atomic E-state index is 13.1. The molecule has 1 unspecified atom stereocenters. The van der Waals surface area contributed by atoms with Crippen LogP contribution in [0, 0.1) is 25.7 Å². The van der Waals surface area contributed by atoms with Gasteiger partial charge >= 0.3 is 0 Å². The molecule has 4 rings (SSSR count). The Labute approximate surface area is 170 Å². The molecule has 4 nitrogen and oxygen atoms in total. The number of piperidine rings is 1. The van der Waals surface area contributed by atoms with E-state index in [0.717, 1.165) is 58.2 Å². The Morgan fingerprint density at radius 1 is 1.04 bits per heavy atom. The van der Waals surface area contributed by atoms with Crippen molar-refractivity contribution < 1.29 is 9.53 Å². The number of amides is 1. The van der Waals surface area contributed by atoms with Crippen LogP contribution >= 0.6 is 0 Å². The van der Waals surface area contributed by atoms with Gasteiger partial charge in [0, 0.05) is 39.1 Å². The zero-order valence-electron chi connectivity index (χ0n) is 17.7. The van der Waals surface area contributed by atoms with E-state index in [-0.39, 0.29) is 0 Å². The van der Waals surface area contributed by atoms with E-state index in [1.54, 1.807) is 0 Å². The monoisotopic (exact) mass is 384 g/mol. The molecule has 3 fully saturated rings. The highest BCUT2D eigenvalue weighted by Gasteiger charge is 2.35. The molecule has 2 aliphatic heterocycles. The van der Waals surface area contributed by atoms with Crippen molar-refractivity contribution >= 4 is 5.91 Å². The summed E-state index contributed by atoms with van der Waals surface area (Å²) >= 11 is 0. The van der Waals surface area contributed by atoms with E-state index in [0.29, 0.717) is 24.2 Å². The van der Waals surface area contributed by atoms with Crippen molar-refractivity contribution in [2.75, 3.05) is 45.9 Å². The van der Waals surface area contributed by atoms with Crippen LogP contribution in [0.25, 0.3) is 0 Å². The highest BCUT2D eigenvalue weighted by atomic mass is 16.5. The van der Waals surface area contributed by atoms with Gasteiger partial charge in [0.15, 0.2) is 0 Å². The van der Waals surface area contributed by atoms with Gasteiger partial charge in [-0.25, -0.2) is 0 Å². The van der Waals surface area contributed by atoms with Crippen LogP contribution in [0.2, 0.25) is 0 Å². The standard InChI is InChI=1S/C24H36N2O2/c1-18-3-4-22(15-19(18)2)23(21-5-6-21)16-24(27)26-9-7-20(8-10-26)17-25-11-13-28-14-12-25/h3-4,15,20-21,23H,5-14,16-17H2,1-2H3. The maximum atomic E-state index is 13.1. The van der Waals surface area contributed by atoms with Gasteiger partial charge < -0.3 is 9.64 Å². The van der Waals surface area contributed by atoms with Gasteiger partial charge in [-0.3, -0.25) is 9.69 Å². The summed E-state index contributed by atoms with van der Waals surface area (Å²) in [6, 6.07) is 6.80. The molecule has 1 atom stereocenters. The molecule has 0 spiro atoms. The van der Waals surface area contributed by atoms with Gasteiger partial charge in [0.1, 0.15) is 0 Å². The van der Waals surface area contributed by atoms with Gasteiger partial charge in [0.25, 0.3) is 0 Å². The maximum Gasteiger partial charge on any atom is 0.223 e. The Bertz CT molecular complexity index is 671. The normalized spacial score (nSPS) is 23.0. The zero-order chi connectivity index (χ0) is 19.5. The Morgan fingerprint density at radius 2 is 1.75 bits per heavy atom. The average Bonchev–Trinajstić information content (AvgIpc) is 3.55. The van der Waals surface area contributed by atoms with Gasteiger partial charge in [-0.05, 0) is 74.0 Å². The van der Waals surface area contributed by atoms with Crippen LogP contribution < -0.4 is 0 Å². The Balaban J connectivity index is 1.29. The fourth-order valence-corrected chi connectivity index (χ4v) is 4.88. The fourth-order valence-electron chi connectivity index (χ4n) is 4.88. The largest absolute Gasteiger partial charge is 0.379 e. The summed E-state index contributed by atoms with van der Waals surface area (Å²) in [6.07, 6.45) is 5.57. The molecule has 0 bridgehead atoms. The smallest absolute Gasteiger partial charge is 0.223 e. The first-order chi connectivity index (χ1) is 13.6. The summed E-state index contributed by atoms with van der Waals surface area (Å²) in [5, 5.41) is 0. The molecule has 0 radical (unpaired) electrons. The number of nitrogens with zero attached hydrogens (tertiary/aromatic N) is 2. The number of carbonyl (C=O) groups is 1. The molecule has 1 aliphatic carbocycles. The Morgan fingerprint density at radius 3 is 2.39 bits per heavy atom. The first-order valence-electron chi connectivity index (χ1n) is 11.2. The van der Waals surface area contributed by atoms with Crippen LogP contribution in [0.1, 0.15) is 54.7 Å². The first kappa shape index (κ1) is 19.9. The molecule has 0 aromatic heterocycles. The van der Waals surface area contributed by atoms with Crippen molar-refractivity contribution in [3.63, 3.8) is 0 Å². The molecule has 154 valence electrons. The molecule has 3 aliphatic rings. The molecule has 1 saturated carbocycles. The predicted molar refractivity (Wildman–Crippen MR) is 113 cm³/mol. The lowest BCUT2D eigenvalue weighted by atomic mass is 9.88. The van der Waals surface area contributed by atoms with E-state index in [4.69, 9.17) is 4.74 Å². The summed E-state index contributed by atoms with van der Waals surface area (Å²) < 4.78 is 5.45. The van der Waals surface area contributed by atoms with Crippen LogP contribution in [0.3, 0.4) is 0 Å². The van der Waals surface area contributed by atoms with E-state index in [1.807, 2.05) is 0 Å². The lowest BCUT2D eigenvalue weighted by molar-refractivity contribution is -0.133. The zero-order valence-corrected chi connectivity index (χ0v) is 17.7. The van der Waals surface area contributed by atoms with Crippen LogP contribution in [-0.4, -0.2) is 61.6 Å². The molecule has 1 aromatic carbocycles.